The van der Waals surface area contributed by atoms with Gasteiger partial charge in [0.25, 0.3) is 0 Å². The first kappa shape index (κ1) is 12.2. The summed E-state index contributed by atoms with van der Waals surface area (Å²) in [5, 5.41) is 0. The van der Waals surface area contributed by atoms with Crippen molar-refractivity contribution in [1.82, 2.24) is 9.97 Å². The number of carbonyl (C=O) groups excluding carboxylic acids is 1. The van der Waals surface area contributed by atoms with Crippen molar-refractivity contribution in [2.75, 3.05) is 5.73 Å². The number of hydrogen-bond donors (Lipinski definition) is 1. The van der Waals surface area contributed by atoms with Crippen LogP contribution in [0.3, 0.4) is 0 Å². The molecule has 0 bridgehead atoms. The number of rotatable bonds is 2. The van der Waals surface area contributed by atoms with Gasteiger partial charge in [-0.2, -0.15) is 0 Å². The smallest absolute Gasteiger partial charge is 0.196 e. The van der Waals surface area contributed by atoms with Crippen molar-refractivity contribution in [3.63, 3.8) is 0 Å². The fourth-order valence-electron chi connectivity index (χ4n) is 1.88. The Morgan fingerprint density at radius 2 is 1.72 bits per heavy atom. The molecular weight excluding hydrogens is 226 g/mol. The number of ketones is 1. The van der Waals surface area contributed by atoms with Crippen LogP contribution in [0.2, 0.25) is 0 Å². The minimum absolute atomic E-state index is 0.114. The van der Waals surface area contributed by atoms with Gasteiger partial charge < -0.3 is 5.73 Å². The lowest BCUT2D eigenvalue weighted by molar-refractivity contribution is 0.103. The molecule has 0 unspecified atom stereocenters. The minimum atomic E-state index is -0.114. The molecule has 0 atom stereocenters. The van der Waals surface area contributed by atoms with Crippen LogP contribution >= 0.6 is 0 Å². The average Bonchev–Trinajstić information content (AvgIpc) is 2.30. The molecule has 4 heteroatoms. The van der Waals surface area contributed by atoms with Crippen LogP contribution in [0, 0.1) is 20.8 Å². The maximum absolute atomic E-state index is 12.4. The number of aryl methyl sites for hydroxylation is 3. The van der Waals surface area contributed by atoms with Crippen LogP contribution in [-0.2, 0) is 0 Å². The van der Waals surface area contributed by atoms with Crippen molar-refractivity contribution in [3.05, 3.63) is 52.5 Å². The third kappa shape index (κ3) is 2.37. The Morgan fingerprint density at radius 1 is 1.11 bits per heavy atom. The van der Waals surface area contributed by atoms with Crippen LogP contribution < -0.4 is 5.73 Å². The van der Waals surface area contributed by atoms with E-state index in [0.29, 0.717) is 11.1 Å². The Morgan fingerprint density at radius 3 is 2.33 bits per heavy atom. The zero-order chi connectivity index (χ0) is 13.3. The number of nitrogens with zero attached hydrogens (tertiary/aromatic N) is 2. The second kappa shape index (κ2) is 4.56. The third-order valence-electron chi connectivity index (χ3n) is 2.64. The molecule has 0 amide bonds. The van der Waals surface area contributed by atoms with E-state index in [1.54, 1.807) is 24.4 Å². The second-order valence-corrected chi connectivity index (χ2v) is 4.41. The molecule has 0 aliphatic rings. The summed E-state index contributed by atoms with van der Waals surface area (Å²) in [6.45, 7) is 5.61. The lowest BCUT2D eigenvalue weighted by Crippen LogP contribution is -2.08. The molecule has 0 fully saturated rings. The maximum atomic E-state index is 12.4. The van der Waals surface area contributed by atoms with E-state index in [1.165, 1.54) is 0 Å². The van der Waals surface area contributed by atoms with Gasteiger partial charge in [0, 0.05) is 23.1 Å². The van der Waals surface area contributed by atoms with Crippen molar-refractivity contribution in [1.29, 1.82) is 0 Å². The molecule has 2 heterocycles. The number of nitrogen functional groups attached to an aromatic ring is 1. The van der Waals surface area contributed by atoms with Gasteiger partial charge in [-0.15, -0.1) is 0 Å². The Bertz CT molecular complexity index is 600. The first-order valence-electron chi connectivity index (χ1n) is 5.69. The highest BCUT2D eigenvalue weighted by molar-refractivity contribution is 6.11. The van der Waals surface area contributed by atoms with Gasteiger partial charge in [0.05, 0.1) is 5.56 Å². The molecule has 18 heavy (non-hydrogen) atoms. The van der Waals surface area contributed by atoms with E-state index in [-0.39, 0.29) is 11.6 Å². The number of anilines is 1. The van der Waals surface area contributed by atoms with Gasteiger partial charge in [-0.25, -0.2) is 4.98 Å². The predicted molar refractivity (Wildman–Crippen MR) is 70.5 cm³/mol. The van der Waals surface area contributed by atoms with E-state index in [9.17, 15) is 4.79 Å². The van der Waals surface area contributed by atoms with Gasteiger partial charge in [0.1, 0.15) is 5.82 Å². The van der Waals surface area contributed by atoms with Crippen molar-refractivity contribution >= 4 is 11.6 Å². The molecule has 0 saturated carbocycles. The first-order valence-corrected chi connectivity index (χ1v) is 5.69. The van der Waals surface area contributed by atoms with Gasteiger partial charge in [-0.1, -0.05) is 0 Å². The van der Waals surface area contributed by atoms with Crippen molar-refractivity contribution in [3.8, 4) is 0 Å². The van der Waals surface area contributed by atoms with Crippen molar-refractivity contribution < 1.29 is 4.79 Å². The minimum Gasteiger partial charge on any atom is -0.383 e. The summed E-state index contributed by atoms with van der Waals surface area (Å²) in [4.78, 5) is 20.6. The summed E-state index contributed by atoms with van der Waals surface area (Å²) in [6.07, 6.45) is 1.65. The zero-order valence-corrected chi connectivity index (χ0v) is 10.7. The third-order valence-corrected chi connectivity index (χ3v) is 2.64. The molecule has 0 saturated heterocycles. The summed E-state index contributed by atoms with van der Waals surface area (Å²) < 4.78 is 0. The second-order valence-electron chi connectivity index (χ2n) is 4.41. The normalized spacial score (nSPS) is 10.4. The number of aromatic nitrogens is 2. The van der Waals surface area contributed by atoms with Crippen LogP contribution in [0.25, 0.3) is 0 Å². The van der Waals surface area contributed by atoms with Crippen LogP contribution in [0.4, 0.5) is 5.82 Å². The van der Waals surface area contributed by atoms with E-state index in [4.69, 9.17) is 5.73 Å². The van der Waals surface area contributed by atoms with Crippen molar-refractivity contribution in [2.24, 2.45) is 0 Å². The van der Waals surface area contributed by atoms with Gasteiger partial charge >= 0.3 is 0 Å². The zero-order valence-electron chi connectivity index (χ0n) is 10.7. The molecule has 0 spiro atoms. The molecule has 2 rings (SSSR count). The summed E-state index contributed by atoms with van der Waals surface area (Å²) in [5.41, 5.74) is 9.34. The van der Waals surface area contributed by atoms with Gasteiger partial charge in [0.15, 0.2) is 5.78 Å². The quantitative estimate of drug-likeness (QED) is 0.818. The van der Waals surface area contributed by atoms with Gasteiger partial charge in [-0.05, 0) is 44.5 Å². The number of hydrogen-bond acceptors (Lipinski definition) is 4. The molecule has 2 aromatic heterocycles. The van der Waals surface area contributed by atoms with Crippen LogP contribution in [0.15, 0.2) is 24.4 Å². The standard InChI is InChI=1S/C14H15N3O/c1-8-4-12(14(15)16-7-8)13(18)11-5-9(2)17-10(3)6-11/h4-7H,1-3H3,(H2,15,16). The Labute approximate surface area is 106 Å². The Hall–Kier alpha value is -2.23. The molecule has 0 aromatic carbocycles. The molecular formula is C14H15N3O. The molecule has 2 N–H and O–H groups in total. The highest BCUT2D eigenvalue weighted by atomic mass is 16.1. The first-order chi connectivity index (χ1) is 8.47. The molecule has 0 aliphatic carbocycles. The molecule has 4 nitrogen and oxygen atoms in total. The summed E-state index contributed by atoms with van der Waals surface area (Å²) in [6, 6.07) is 5.28. The number of carbonyl (C=O) groups is 1. The number of pyridine rings is 2. The lowest BCUT2D eigenvalue weighted by Gasteiger charge is -2.06. The average molecular weight is 241 g/mol. The SMILES string of the molecule is Cc1cnc(N)c(C(=O)c2cc(C)nc(C)c2)c1. The lowest BCUT2D eigenvalue weighted by atomic mass is 10.0. The summed E-state index contributed by atoms with van der Waals surface area (Å²) in [5.74, 6) is 0.148. The van der Waals surface area contributed by atoms with E-state index < -0.39 is 0 Å². The largest absolute Gasteiger partial charge is 0.383 e. The van der Waals surface area contributed by atoms with Crippen LogP contribution in [0.5, 0.6) is 0 Å². The monoisotopic (exact) mass is 241 g/mol. The van der Waals surface area contributed by atoms with Gasteiger partial charge in [-0.3, -0.25) is 9.78 Å². The van der Waals surface area contributed by atoms with E-state index in [0.717, 1.165) is 17.0 Å². The molecule has 2 aromatic rings. The van der Waals surface area contributed by atoms with Gasteiger partial charge in [0.2, 0.25) is 0 Å². The molecule has 0 radical (unpaired) electrons. The van der Waals surface area contributed by atoms with E-state index in [1.807, 2.05) is 20.8 Å². The topological polar surface area (TPSA) is 68.9 Å². The van der Waals surface area contributed by atoms with Crippen LogP contribution in [-0.4, -0.2) is 15.8 Å². The van der Waals surface area contributed by atoms with E-state index >= 15 is 0 Å². The molecule has 0 aliphatic heterocycles. The predicted octanol–water partition coefficient (Wildman–Crippen LogP) is 2.22. The Balaban J connectivity index is 2.51. The number of nitrogens with two attached hydrogens (primary N) is 1. The van der Waals surface area contributed by atoms with Crippen LogP contribution in [0.1, 0.15) is 32.9 Å². The fraction of sp³-hybridized carbons (Fsp3) is 0.214. The van der Waals surface area contributed by atoms with Crippen molar-refractivity contribution in [2.45, 2.75) is 20.8 Å². The summed E-state index contributed by atoms with van der Waals surface area (Å²) >= 11 is 0. The van der Waals surface area contributed by atoms with E-state index in [2.05, 4.69) is 9.97 Å². The fourth-order valence-corrected chi connectivity index (χ4v) is 1.88. The maximum Gasteiger partial charge on any atom is 0.196 e. The molecule has 92 valence electrons. The Kier molecular flexibility index (Phi) is 3.10. The highest BCUT2D eigenvalue weighted by Crippen LogP contribution is 2.17. The highest BCUT2D eigenvalue weighted by Gasteiger charge is 2.14. The summed E-state index contributed by atoms with van der Waals surface area (Å²) in [7, 11) is 0.